The smallest absolute Gasteiger partial charge is 0.125 e. The molecule has 0 spiro atoms. The van der Waals surface area contributed by atoms with Gasteiger partial charge in [-0.05, 0) is 53.9 Å². The van der Waals surface area contributed by atoms with E-state index in [0.29, 0.717) is 0 Å². The van der Waals surface area contributed by atoms with E-state index in [1.165, 1.54) is 5.56 Å². The minimum absolute atomic E-state index is 0.241. The Morgan fingerprint density at radius 3 is 2.09 bits per heavy atom. The van der Waals surface area contributed by atoms with Gasteiger partial charge in [0.1, 0.15) is 5.75 Å². The average molecular weight is 415 g/mol. The molecule has 0 fully saturated rings. The van der Waals surface area contributed by atoms with Crippen LogP contribution < -0.4 is 0 Å². The summed E-state index contributed by atoms with van der Waals surface area (Å²) in [6.07, 6.45) is 2.53. The summed E-state index contributed by atoms with van der Waals surface area (Å²) in [5.41, 5.74) is 7.61. The van der Waals surface area contributed by atoms with Crippen molar-refractivity contribution in [2.24, 2.45) is 0 Å². The summed E-state index contributed by atoms with van der Waals surface area (Å²) >= 11 is 0. The summed E-state index contributed by atoms with van der Waals surface area (Å²) in [7, 11) is 0. The minimum atomic E-state index is 0.241. The second-order valence-electron chi connectivity index (χ2n) is 7.68. The topological polar surface area (TPSA) is 46.0 Å². The molecule has 0 unspecified atom stereocenters. The standard InChI is InChI=1S/C29H22N2O/c32-28-17-7-13-24(19-21-9-2-1-3-10-21)29(28)27-16-8-15-26(31-27)23-12-6-11-22(20-23)25-14-4-5-18-30-25/h1-18,20,32H,19H2. The molecule has 2 heterocycles. The normalized spacial score (nSPS) is 10.8. The van der Waals surface area contributed by atoms with E-state index in [2.05, 4.69) is 35.3 Å². The van der Waals surface area contributed by atoms with Crippen LogP contribution in [0, 0.1) is 0 Å². The van der Waals surface area contributed by atoms with E-state index >= 15 is 0 Å². The zero-order chi connectivity index (χ0) is 21.8. The fourth-order valence-electron chi connectivity index (χ4n) is 3.95. The Hall–Kier alpha value is -4.24. The predicted molar refractivity (Wildman–Crippen MR) is 129 cm³/mol. The third-order valence-corrected chi connectivity index (χ3v) is 5.49. The predicted octanol–water partition coefficient (Wildman–Crippen LogP) is 6.77. The molecule has 3 heteroatoms. The number of hydrogen-bond donors (Lipinski definition) is 1. The molecule has 0 radical (unpaired) electrons. The van der Waals surface area contributed by atoms with E-state index < -0.39 is 0 Å². The first-order valence-electron chi connectivity index (χ1n) is 10.6. The highest BCUT2D eigenvalue weighted by atomic mass is 16.3. The van der Waals surface area contributed by atoms with E-state index in [0.717, 1.165) is 45.8 Å². The summed E-state index contributed by atoms with van der Waals surface area (Å²) in [5, 5.41) is 10.7. The minimum Gasteiger partial charge on any atom is -0.507 e. The number of aromatic hydroxyl groups is 1. The third-order valence-electron chi connectivity index (χ3n) is 5.49. The van der Waals surface area contributed by atoms with Crippen LogP contribution in [0.5, 0.6) is 5.75 Å². The van der Waals surface area contributed by atoms with Gasteiger partial charge in [-0.15, -0.1) is 0 Å². The van der Waals surface area contributed by atoms with E-state index in [9.17, 15) is 5.11 Å². The Bertz CT molecular complexity index is 1350. The van der Waals surface area contributed by atoms with Gasteiger partial charge in [0, 0.05) is 22.9 Å². The number of nitrogens with zero attached hydrogens (tertiary/aromatic N) is 2. The average Bonchev–Trinajstić information content (AvgIpc) is 2.86. The number of hydrogen-bond acceptors (Lipinski definition) is 3. The van der Waals surface area contributed by atoms with E-state index in [-0.39, 0.29) is 5.75 Å². The maximum Gasteiger partial charge on any atom is 0.125 e. The second-order valence-corrected chi connectivity index (χ2v) is 7.68. The summed E-state index contributed by atoms with van der Waals surface area (Å²) in [5.74, 6) is 0.241. The maximum atomic E-state index is 10.7. The number of benzene rings is 3. The van der Waals surface area contributed by atoms with Gasteiger partial charge < -0.3 is 5.11 Å². The highest BCUT2D eigenvalue weighted by Crippen LogP contribution is 2.34. The fourth-order valence-corrected chi connectivity index (χ4v) is 3.95. The van der Waals surface area contributed by atoms with Gasteiger partial charge in [0.25, 0.3) is 0 Å². The van der Waals surface area contributed by atoms with Crippen molar-refractivity contribution >= 4 is 0 Å². The molecule has 0 amide bonds. The number of phenolic OH excluding ortho intramolecular Hbond substituents is 1. The Morgan fingerprint density at radius 1 is 0.594 bits per heavy atom. The van der Waals surface area contributed by atoms with Crippen molar-refractivity contribution in [1.82, 2.24) is 9.97 Å². The van der Waals surface area contributed by atoms with Crippen molar-refractivity contribution < 1.29 is 5.11 Å². The Balaban J connectivity index is 1.55. The molecule has 0 aliphatic carbocycles. The van der Waals surface area contributed by atoms with Gasteiger partial charge in [-0.3, -0.25) is 4.98 Å². The molecule has 0 saturated heterocycles. The molecule has 154 valence electrons. The lowest BCUT2D eigenvalue weighted by Crippen LogP contribution is -1.95. The van der Waals surface area contributed by atoms with Crippen molar-refractivity contribution in [3.8, 4) is 39.5 Å². The van der Waals surface area contributed by atoms with Gasteiger partial charge in [-0.1, -0.05) is 72.8 Å². The second kappa shape index (κ2) is 8.86. The van der Waals surface area contributed by atoms with Crippen molar-refractivity contribution in [3.63, 3.8) is 0 Å². The fraction of sp³-hybridized carbons (Fsp3) is 0.0345. The quantitative estimate of drug-likeness (QED) is 0.345. The van der Waals surface area contributed by atoms with Crippen LogP contribution in [0.15, 0.2) is 115 Å². The molecule has 3 nitrogen and oxygen atoms in total. The monoisotopic (exact) mass is 414 g/mol. The number of aromatic nitrogens is 2. The molecule has 5 aromatic rings. The number of pyridine rings is 2. The molecule has 3 aromatic carbocycles. The Morgan fingerprint density at radius 2 is 1.28 bits per heavy atom. The zero-order valence-electron chi connectivity index (χ0n) is 17.5. The first kappa shape index (κ1) is 19.7. The van der Waals surface area contributed by atoms with Gasteiger partial charge in [0.2, 0.25) is 0 Å². The Kier molecular flexibility index (Phi) is 5.46. The van der Waals surface area contributed by atoms with Crippen LogP contribution in [-0.2, 0) is 6.42 Å². The summed E-state index contributed by atoms with van der Waals surface area (Å²) in [6.45, 7) is 0. The van der Waals surface area contributed by atoms with E-state index in [1.807, 2.05) is 72.8 Å². The molecule has 0 aliphatic heterocycles. The van der Waals surface area contributed by atoms with Crippen molar-refractivity contribution in [1.29, 1.82) is 0 Å². The zero-order valence-corrected chi connectivity index (χ0v) is 17.5. The van der Waals surface area contributed by atoms with Crippen LogP contribution in [0.25, 0.3) is 33.8 Å². The molecule has 32 heavy (non-hydrogen) atoms. The number of rotatable bonds is 5. The molecule has 2 aromatic heterocycles. The molecular formula is C29H22N2O. The molecule has 1 N–H and O–H groups in total. The lowest BCUT2D eigenvalue weighted by molar-refractivity contribution is 0.476. The molecule has 0 saturated carbocycles. The summed E-state index contributed by atoms with van der Waals surface area (Å²) in [4.78, 5) is 9.39. The van der Waals surface area contributed by atoms with Gasteiger partial charge >= 0.3 is 0 Å². The highest BCUT2D eigenvalue weighted by molar-refractivity contribution is 5.75. The molecule has 0 atom stereocenters. The lowest BCUT2D eigenvalue weighted by atomic mass is 9.96. The van der Waals surface area contributed by atoms with Gasteiger partial charge in [0.15, 0.2) is 0 Å². The van der Waals surface area contributed by atoms with Crippen LogP contribution in [-0.4, -0.2) is 15.1 Å². The number of phenols is 1. The molecule has 5 rings (SSSR count). The van der Waals surface area contributed by atoms with Gasteiger partial charge in [0.05, 0.1) is 17.1 Å². The largest absolute Gasteiger partial charge is 0.507 e. The van der Waals surface area contributed by atoms with Crippen LogP contribution >= 0.6 is 0 Å². The highest BCUT2D eigenvalue weighted by Gasteiger charge is 2.13. The van der Waals surface area contributed by atoms with E-state index in [4.69, 9.17) is 4.98 Å². The first-order chi connectivity index (χ1) is 15.8. The molecule has 0 bridgehead atoms. The van der Waals surface area contributed by atoms with Crippen LogP contribution in [0.2, 0.25) is 0 Å². The van der Waals surface area contributed by atoms with Gasteiger partial charge in [-0.2, -0.15) is 0 Å². The maximum absolute atomic E-state index is 10.7. The first-order valence-corrected chi connectivity index (χ1v) is 10.6. The molecular weight excluding hydrogens is 392 g/mol. The summed E-state index contributed by atoms with van der Waals surface area (Å²) in [6, 6.07) is 36.0. The Labute approximate surface area is 187 Å². The van der Waals surface area contributed by atoms with Crippen LogP contribution in [0.1, 0.15) is 11.1 Å². The van der Waals surface area contributed by atoms with Crippen LogP contribution in [0.4, 0.5) is 0 Å². The lowest BCUT2D eigenvalue weighted by Gasteiger charge is -2.13. The third kappa shape index (κ3) is 4.14. The SMILES string of the molecule is Oc1cccc(Cc2ccccc2)c1-c1cccc(-c2cccc(-c3ccccn3)c2)n1. The van der Waals surface area contributed by atoms with Gasteiger partial charge in [-0.25, -0.2) is 4.98 Å². The van der Waals surface area contributed by atoms with E-state index in [1.54, 1.807) is 12.3 Å². The van der Waals surface area contributed by atoms with Crippen molar-refractivity contribution in [3.05, 3.63) is 127 Å². The van der Waals surface area contributed by atoms with Crippen molar-refractivity contribution in [2.45, 2.75) is 6.42 Å². The summed E-state index contributed by atoms with van der Waals surface area (Å²) < 4.78 is 0. The molecule has 0 aliphatic rings. The van der Waals surface area contributed by atoms with Crippen LogP contribution in [0.3, 0.4) is 0 Å². The van der Waals surface area contributed by atoms with Crippen molar-refractivity contribution in [2.75, 3.05) is 0 Å².